The Morgan fingerprint density at radius 1 is 1.26 bits per heavy atom. The number of amides is 1. The van der Waals surface area contributed by atoms with Crippen LogP contribution in [0.2, 0.25) is 0 Å². The van der Waals surface area contributed by atoms with Gasteiger partial charge in [-0.15, -0.1) is 0 Å². The fraction of sp³-hybridized carbons (Fsp3) is 0.632. The number of oxazole rings is 1. The number of hydrogen-bond acceptors (Lipinski definition) is 7. The average Bonchev–Trinajstić information content (AvgIpc) is 3.13. The number of rotatable bonds is 5. The number of carbonyl (C=O) groups excluding carboxylic acids is 1. The van der Waals surface area contributed by atoms with Gasteiger partial charge in [-0.2, -0.15) is 4.98 Å². The van der Waals surface area contributed by atoms with Gasteiger partial charge in [0.05, 0.1) is 6.61 Å². The van der Waals surface area contributed by atoms with Crippen LogP contribution in [0.5, 0.6) is 0 Å². The lowest BCUT2D eigenvalue weighted by Crippen LogP contribution is -2.50. The fourth-order valence-corrected chi connectivity index (χ4v) is 4.04. The largest absolute Gasteiger partial charge is 0.422 e. The molecule has 4 rings (SSSR count). The Hall–Kier alpha value is -2.19. The molecular formula is C19H27N5O3. The number of anilines is 1. The Bertz CT molecular complexity index is 739. The van der Waals surface area contributed by atoms with Gasteiger partial charge >= 0.3 is 0 Å². The Morgan fingerprint density at radius 3 is 2.89 bits per heavy atom. The first kappa shape index (κ1) is 18.2. The zero-order valence-electron chi connectivity index (χ0n) is 15.6. The van der Waals surface area contributed by atoms with Crippen LogP contribution in [-0.4, -0.2) is 83.2 Å². The number of piperidine rings is 1. The van der Waals surface area contributed by atoms with Crippen LogP contribution in [0.3, 0.4) is 0 Å². The third-order valence-electron chi connectivity index (χ3n) is 5.55. The van der Waals surface area contributed by atoms with Crippen LogP contribution in [0.25, 0.3) is 11.2 Å². The second-order valence-corrected chi connectivity index (χ2v) is 7.43. The molecule has 2 aromatic heterocycles. The van der Waals surface area contributed by atoms with Crippen molar-refractivity contribution in [3.63, 3.8) is 0 Å². The van der Waals surface area contributed by atoms with Crippen LogP contribution in [0.4, 0.5) is 6.01 Å². The maximum absolute atomic E-state index is 12.7. The van der Waals surface area contributed by atoms with Crippen molar-refractivity contribution in [2.24, 2.45) is 5.92 Å². The molecule has 2 aliphatic heterocycles. The molecule has 0 spiro atoms. The summed E-state index contributed by atoms with van der Waals surface area (Å²) in [5.74, 6) is 0.564. The second-order valence-electron chi connectivity index (χ2n) is 7.43. The van der Waals surface area contributed by atoms with E-state index in [-0.39, 0.29) is 12.5 Å². The molecule has 0 aromatic carbocycles. The molecule has 27 heavy (non-hydrogen) atoms. The lowest BCUT2D eigenvalue weighted by Gasteiger charge is -2.36. The number of β-amino-alcohol motifs (C(OH)–C–C–N with tert-alkyl or cyclic N) is 1. The highest BCUT2D eigenvalue weighted by molar-refractivity contribution is 5.76. The zero-order chi connectivity index (χ0) is 18.6. The molecule has 0 radical (unpaired) electrons. The van der Waals surface area contributed by atoms with Gasteiger partial charge in [0.1, 0.15) is 0 Å². The number of piperazine rings is 1. The van der Waals surface area contributed by atoms with E-state index in [9.17, 15) is 4.79 Å². The van der Waals surface area contributed by atoms with Crippen LogP contribution in [0.15, 0.2) is 22.7 Å². The molecule has 1 amide bonds. The van der Waals surface area contributed by atoms with E-state index in [1.807, 2.05) is 17.0 Å². The van der Waals surface area contributed by atoms with Crippen molar-refractivity contribution in [1.82, 2.24) is 19.8 Å². The Labute approximate surface area is 158 Å². The van der Waals surface area contributed by atoms with Gasteiger partial charge < -0.3 is 19.3 Å². The van der Waals surface area contributed by atoms with E-state index in [1.165, 1.54) is 0 Å². The third-order valence-corrected chi connectivity index (χ3v) is 5.55. The molecular weight excluding hydrogens is 346 g/mol. The second kappa shape index (κ2) is 8.22. The third kappa shape index (κ3) is 4.22. The van der Waals surface area contributed by atoms with Crippen molar-refractivity contribution in [1.29, 1.82) is 0 Å². The Kier molecular flexibility index (Phi) is 5.54. The van der Waals surface area contributed by atoms with Gasteiger partial charge in [0.25, 0.3) is 6.01 Å². The minimum atomic E-state index is 0.178. The molecule has 2 aromatic rings. The van der Waals surface area contributed by atoms with E-state index in [1.54, 1.807) is 6.20 Å². The Morgan fingerprint density at radius 2 is 2.11 bits per heavy atom. The molecule has 1 unspecified atom stereocenters. The van der Waals surface area contributed by atoms with E-state index < -0.39 is 0 Å². The van der Waals surface area contributed by atoms with Crippen molar-refractivity contribution >= 4 is 23.2 Å². The van der Waals surface area contributed by atoms with Crippen molar-refractivity contribution in [2.45, 2.75) is 19.3 Å². The van der Waals surface area contributed by atoms with E-state index in [4.69, 9.17) is 9.52 Å². The molecule has 1 N–H and O–H groups in total. The van der Waals surface area contributed by atoms with Gasteiger partial charge in [-0.1, -0.05) is 0 Å². The predicted octanol–water partition coefficient (Wildman–Crippen LogP) is 0.966. The maximum Gasteiger partial charge on any atom is 0.299 e. The van der Waals surface area contributed by atoms with E-state index in [0.717, 1.165) is 52.1 Å². The van der Waals surface area contributed by atoms with Crippen molar-refractivity contribution < 1.29 is 14.3 Å². The number of aliphatic hydroxyl groups excluding tert-OH is 1. The molecule has 146 valence electrons. The van der Waals surface area contributed by atoms with Crippen LogP contribution < -0.4 is 4.90 Å². The van der Waals surface area contributed by atoms with Crippen molar-refractivity contribution in [2.75, 3.05) is 57.3 Å². The van der Waals surface area contributed by atoms with E-state index in [2.05, 4.69) is 19.8 Å². The standard InChI is InChI=1S/C19H27N5O3/c25-12-11-22-7-9-23(10-8-22)17(26)13-15-3-2-6-24(14-15)19-21-18-16(27-19)4-1-5-20-18/h1,4-5,15,25H,2-3,6-14H2. The minimum Gasteiger partial charge on any atom is -0.422 e. The van der Waals surface area contributed by atoms with Gasteiger partial charge in [-0.05, 0) is 30.9 Å². The summed E-state index contributed by atoms with van der Waals surface area (Å²) in [5.41, 5.74) is 1.33. The fourth-order valence-electron chi connectivity index (χ4n) is 4.04. The number of nitrogens with zero attached hydrogens (tertiary/aromatic N) is 5. The number of aliphatic hydroxyl groups is 1. The smallest absolute Gasteiger partial charge is 0.299 e. The zero-order valence-corrected chi connectivity index (χ0v) is 15.6. The van der Waals surface area contributed by atoms with Crippen molar-refractivity contribution in [3.05, 3.63) is 18.3 Å². The lowest BCUT2D eigenvalue weighted by atomic mass is 9.94. The average molecular weight is 373 g/mol. The van der Waals surface area contributed by atoms with Gasteiger partial charge in [-0.25, -0.2) is 4.98 Å². The van der Waals surface area contributed by atoms with Gasteiger partial charge in [0, 0.05) is 58.4 Å². The number of carbonyl (C=O) groups is 1. The van der Waals surface area contributed by atoms with Gasteiger partial charge in [0.2, 0.25) is 11.6 Å². The Balaban J connectivity index is 1.32. The molecule has 1 atom stereocenters. The summed E-state index contributed by atoms with van der Waals surface area (Å²) in [6, 6.07) is 4.33. The number of hydrogen-bond donors (Lipinski definition) is 1. The summed E-state index contributed by atoms with van der Waals surface area (Å²) in [5, 5.41) is 9.03. The van der Waals surface area contributed by atoms with Crippen LogP contribution in [0, 0.1) is 5.92 Å². The molecule has 2 saturated heterocycles. The van der Waals surface area contributed by atoms with Crippen LogP contribution in [0.1, 0.15) is 19.3 Å². The lowest BCUT2D eigenvalue weighted by molar-refractivity contribution is -0.134. The molecule has 2 aliphatic rings. The predicted molar refractivity (Wildman–Crippen MR) is 101 cm³/mol. The minimum absolute atomic E-state index is 0.178. The van der Waals surface area contributed by atoms with E-state index in [0.29, 0.717) is 36.1 Å². The molecule has 4 heterocycles. The molecule has 0 saturated carbocycles. The quantitative estimate of drug-likeness (QED) is 0.836. The first-order valence-electron chi connectivity index (χ1n) is 9.80. The highest BCUT2D eigenvalue weighted by atomic mass is 16.4. The van der Waals surface area contributed by atoms with Crippen LogP contribution >= 0.6 is 0 Å². The van der Waals surface area contributed by atoms with Crippen molar-refractivity contribution in [3.8, 4) is 0 Å². The molecule has 0 aliphatic carbocycles. The topological polar surface area (TPSA) is 85.9 Å². The first-order chi connectivity index (χ1) is 13.2. The summed E-state index contributed by atoms with van der Waals surface area (Å²) in [7, 11) is 0. The molecule has 8 nitrogen and oxygen atoms in total. The van der Waals surface area contributed by atoms with Gasteiger partial charge in [0.15, 0.2) is 5.58 Å². The highest BCUT2D eigenvalue weighted by Gasteiger charge is 2.28. The molecule has 2 fully saturated rings. The highest BCUT2D eigenvalue weighted by Crippen LogP contribution is 2.27. The van der Waals surface area contributed by atoms with E-state index >= 15 is 0 Å². The number of aromatic nitrogens is 2. The van der Waals surface area contributed by atoms with Gasteiger partial charge in [-0.3, -0.25) is 9.69 Å². The number of pyridine rings is 1. The summed E-state index contributed by atoms with van der Waals surface area (Å²) in [6.07, 6.45) is 4.39. The molecule has 8 heteroatoms. The maximum atomic E-state index is 12.7. The monoisotopic (exact) mass is 373 g/mol. The summed E-state index contributed by atoms with van der Waals surface area (Å²) < 4.78 is 5.84. The summed E-state index contributed by atoms with van der Waals surface area (Å²) in [6.45, 7) is 5.77. The normalized spacial score (nSPS) is 21.7. The first-order valence-corrected chi connectivity index (χ1v) is 9.80. The number of fused-ring (bicyclic) bond motifs is 1. The van der Waals surface area contributed by atoms with Crippen LogP contribution in [-0.2, 0) is 4.79 Å². The SMILES string of the molecule is O=C(CC1CCCN(c2nc3ncccc3o2)C1)N1CCN(CCO)CC1. The summed E-state index contributed by atoms with van der Waals surface area (Å²) in [4.78, 5) is 27.7. The summed E-state index contributed by atoms with van der Waals surface area (Å²) >= 11 is 0. The molecule has 0 bridgehead atoms.